The van der Waals surface area contributed by atoms with Crippen LogP contribution in [0, 0.1) is 6.33 Å². The minimum Gasteiger partial charge on any atom is -0.335 e. The molecule has 0 spiro atoms. The number of aromatic amines is 1. The van der Waals surface area contributed by atoms with Crippen LogP contribution in [0.1, 0.15) is 0 Å². The van der Waals surface area contributed by atoms with E-state index in [4.69, 9.17) is 0 Å². The fraction of sp³-hybridized carbons (Fsp3) is 0. The number of fused-ring (bicyclic) bond motifs is 2. The lowest BCUT2D eigenvalue weighted by Gasteiger charge is -1.96. The molecule has 0 unspecified atom stereocenters. The van der Waals surface area contributed by atoms with Crippen molar-refractivity contribution in [2.75, 3.05) is 0 Å². The van der Waals surface area contributed by atoms with Crippen LogP contribution in [0.3, 0.4) is 0 Å². The Morgan fingerprint density at radius 1 is 1.06 bits per heavy atom. The van der Waals surface area contributed by atoms with Crippen LogP contribution in [0.15, 0.2) is 42.5 Å². The molecule has 4 heteroatoms. The van der Waals surface area contributed by atoms with E-state index >= 15 is 0 Å². The van der Waals surface area contributed by atoms with Crippen LogP contribution in [-0.2, 0) is 0 Å². The van der Waals surface area contributed by atoms with Crippen molar-refractivity contribution < 1.29 is 0 Å². The third-order valence-corrected chi connectivity index (χ3v) is 3.99. The van der Waals surface area contributed by atoms with E-state index < -0.39 is 0 Å². The zero-order valence-corrected chi connectivity index (χ0v) is 10.2. The highest BCUT2D eigenvalue weighted by molar-refractivity contribution is 7.21. The summed E-state index contributed by atoms with van der Waals surface area (Å²) in [6.07, 6.45) is 2.78. The number of imidazole rings is 1. The number of para-hydroxylation sites is 2. The summed E-state index contributed by atoms with van der Waals surface area (Å²) in [7, 11) is 0. The topological polar surface area (TPSA) is 41.6 Å². The number of nitrogens with one attached hydrogen (secondary N) is 1. The number of rotatable bonds is 1. The van der Waals surface area contributed by atoms with E-state index in [1.165, 1.54) is 4.70 Å². The number of nitrogens with zero attached hydrogens (tertiary/aromatic N) is 2. The van der Waals surface area contributed by atoms with Gasteiger partial charge in [0.05, 0.1) is 21.3 Å². The van der Waals surface area contributed by atoms with E-state index in [9.17, 15) is 0 Å². The maximum Gasteiger partial charge on any atom is 0.174 e. The zero-order chi connectivity index (χ0) is 11.9. The predicted molar refractivity (Wildman–Crippen MR) is 73.5 cm³/mol. The van der Waals surface area contributed by atoms with Gasteiger partial charge in [-0.15, -0.1) is 11.3 Å². The highest BCUT2D eigenvalue weighted by Gasteiger charge is 2.10. The van der Waals surface area contributed by atoms with E-state index in [-0.39, 0.29) is 0 Å². The first-order chi connectivity index (χ1) is 8.92. The van der Waals surface area contributed by atoms with Crippen molar-refractivity contribution in [1.29, 1.82) is 0 Å². The van der Waals surface area contributed by atoms with Crippen LogP contribution in [-0.4, -0.2) is 15.0 Å². The SMILES string of the molecule is [c]1nc2c(-c3nc4ccccc4s3)cccc2[nH]1. The molecule has 0 aliphatic heterocycles. The molecule has 0 saturated carbocycles. The van der Waals surface area contributed by atoms with Gasteiger partial charge in [0, 0.05) is 5.56 Å². The molecular formula is C14H8N3S. The number of thiazole rings is 1. The Morgan fingerprint density at radius 2 is 2.00 bits per heavy atom. The molecule has 2 heterocycles. The fourth-order valence-electron chi connectivity index (χ4n) is 2.07. The summed E-state index contributed by atoms with van der Waals surface area (Å²) >= 11 is 1.69. The number of hydrogen-bond acceptors (Lipinski definition) is 3. The molecule has 4 rings (SSSR count). The van der Waals surface area contributed by atoms with Gasteiger partial charge in [-0.25, -0.2) is 9.97 Å². The summed E-state index contributed by atoms with van der Waals surface area (Å²) in [5, 5.41) is 1.00. The Hall–Kier alpha value is -2.20. The quantitative estimate of drug-likeness (QED) is 0.560. The van der Waals surface area contributed by atoms with Crippen molar-refractivity contribution in [2.24, 2.45) is 0 Å². The Bertz CT molecular complexity index is 811. The van der Waals surface area contributed by atoms with Crippen LogP contribution in [0.2, 0.25) is 0 Å². The Kier molecular flexibility index (Phi) is 1.98. The number of hydrogen-bond donors (Lipinski definition) is 1. The predicted octanol–water partition coefficient (Wildman–Crippen LogP) is 3.64. The van der Waals surface area contributed by atoms with Gasteiger partial charge in [-0.2, -0.15) is 0 Å². The molecule has 0 amide bonds. The molecule has 2 aromatic heterocycles. The molecule has 0 saturated heterocycles. The summed E-state index contributed by atoms with van der Waals surface area (Å²) in [6, 6.07) is 14.2. The van der Waals surface area contributed by atoms with Crippen molar-refractivity contribution >= 4 is 32.6 Å². The van der Waals surface area contributed by atoms with Crippen molar-refractivity contribution in [1.82, 2.24) is 15.0 Å². The maximum absolute atomic E-state index is 4.66. The summed E-state index contributed by atoms with van der Waals surface area (Å²) in [6.45, 7) is 0. The normalized spacial score (nSPS) is 11.3. The van der Waals surface area contributed by atoms with E-state index in [2.05, 4.69) is 33.4 Å². The van der Waals surface area contributed by atoms with Gasteiger partial charge in [-0.3, -0.25) is 0 Å². The number of H-pyrrole nitrogens is 1. The lowest BCUT2D eigenvalue weighted by molar-refractivity contribution is 1.32. The van der Waals surface area contributed by atoms with Gasteiger partial charge in [-0.1, -0.05) is 18.2 Å². The molecule has 0 aliphatic carbocycles. The standard InChI is InChI=1S/C14H8N3S/c1-2-7-12-10(5-1)17-14(18-12)9-4-3-6-11-13(9)16-8-15-11/h1-7H,(H,15,16). The second-order valence-corrected chi connectivity index (χ2v) is 5.07. The fourth-order valence-corrected chi connectivity index (χ4v) is 3.06. The van der Waals surface area contributed by atoms with Crippen molar-refractivity contribution in [3.8, 4) is 10.6 Å². The van der Waals surface area contributed by atoms with Crippen molar-refractivity contribution in [3.05, 3.63) is 48.8 Å². The van der Waals surface area contributed by atoms with Crippen LogP contribution < -0.4 is 0 Å². The van der Waals surface area contributed by atoms with Crippen LogP contribution >= 0.6 is 11.3 Å². The summed E-state index contributed by atoms with van der Waals surface area (Å²) in [5.41, 5.74) is 4.02. The maximum atomic E-state index is 4.66. The van der Waals surface area contributed by atoms with E-state index in [1.54, 1.807) is 11.3 Å². The first-order valence-electron chi connectivity index (χ1n) is 5.62. The van der Waals surface area contributed by atoms with Crippen LogP contribution in [0.4, 0.5) is 0 Å². The summed E-state index contributed by atoms with van der Waals surface area (Å²) in [5.74, 6) is 0. The molecule has 0 atom stereocenters. The molecule has 0 aliphatic rings. The van der Waals surface area contributed by atoms with Gasteiger partial charge in [0.25, 0.3) is 0 Å². The average molecular weight is 250 g/mol. The van der Waals surface area contributed by atoms with E-state index in [1.807, 2.05) is 30.3 Å². The van der Waals surface area contributed by atoms with Gasteiger partial charge < -0.3 is 4.98 Å². The highest BCUT2D eigenvalue weighted by atomic mass is 32.1. The molecular weight excluding hydrogens is 242 g/mol. The minimum atomic E-state index is 0.927. The van der Waals surface area contributed by atoms with Crippen LogP contribution in [0.25, 0.3) is 31.8 Å². The zero-order valence-electron chi connectivity index (χ0n) is 9.34. The monoisotopic (exact) mass is 250 g/mol. The molecule has 0 fully saturated rings. The van der Waals surface area contributed by atoms with Gasteiger partial charge in [0.15, 0.2) is 6.33 Å². The largest absolute Gasteiger partial charge is 0.335 e. The van der Waals surface area contributed by atoms with E-state index in [0.717, 1.165) is 27.1 Å². The molecule has 18 heavy (non-hydrogen) atoms. The van der Waals surface area contributed by atoms with Gasteiger partial charge in [0.1, 0.15) is 5.01 Å². The lowest BCUT2D eigenvalue weighted by Crippen LogP contribution is -1.78. The Labute approximate surface area is 107 Å². The summed E-state index contributed by atoms with van der Waals surface area (Å²) in [4.78, 5) is 11.9. The lowest BCUT2D eigenvalue weighted by atomic mass is 10.2. The van der Waals surface area contributed by atoms with Crippen molar-refractivity contribution in [2.45, 2.75) is 0 Å². The first-order valence-corrected chi connectivity index (χ1v) is 6.44. The Balaban J connectivity index is 2.04. The molecule has 0 bridgehead atoms. The molecule has 1 N–H and O–H groups in total. The highest BCUT2D eigenvalue weighted by Crippen LogP contribution is 2.33. The smallest absolute Gasteiger partial charge is 0.174 e. The third kappa shape index (κ3) is 1.36. The first kappa shape index (κ1) is 9.79. The second kappa shape index (κ2) is 3.65. The summed E-state index contributed by atoms with van der Waals surface area (Å²) < 4.78 is 1.20. The molecule has 1 radical (unpaired) electrons. The molecule has 3 nitrogen and oxygen atoms in total. The minimum absolute atomic E-state index is 0.927. The van der Waals surface area contributed by atoms with Gasteiger partial charge >= 0.3 is 0 Å². The molecule has 85 valence electrons. The Morgan fingerprint density at radius 3 is 2.94 bits per heavy atom. The second-order valence-electron chi connectivity index (χ2n) is 4.04. The van der Waals surface area contributed by atoms with Gasteiger partial charge in [-0.05, 0) is 24.3 Å². The molecule has 4 aromatic rings. The van der Waals surface area contributed by atoms with Crippen LogP contribution in [0.5, 0.6) is 0 Å². The molecule has 2 aromatic carbocycles. The third-order valence-electron chi connectivity index (χ3n) is 2.92. The van der Waals surface area contributed by atoms with Gasteiger partial charge in [0.2, 0.25) is 0 Å². The average Bonchev–Trinajstić information content (AvgIpc) is 3.04. The van der Waals surface area contributed by atoms with E-state index in [0.29, 0.717) is 0 Å². The van der Waals surface area contributed by atoms with Crippen molar-refractivity contribution in [3.63, 3.8) is 0 Å². The number of benzene rings is 2. The number of aromatic nitrogens is 3.